The van der Waals surface area contributed by atoms with Crippen molar-refractivity contribution >= 4 is 39.4 Å². The Labute approximate surface area is 407 Å². The summed E-state index contributed by atoms with van der Waals surface area (Å²) in [6.07, 6.45) is 2.78. The minimum absolute atomic E-state index is 0. The van der Waals surface area contributed by atoms with Crippen LogP contribution in [0.5, 0.6) is 11.5 Å². The summed E-state index contributed by atoms with van der Waals surface area (Å²) >= 11 is 0. The van der Waals surface area contributed by atoms with Crippen molar-refractivity contribution in [3.8, 4) is 11.5 Å². The minimum atomic E-state index is -1.92. The highest BCUT2D eigenvalue weighted by atomic mass is 28.4. The van der Waals surface area contributed by atoms with Gasteiger partial charge in [0, 0.05) is 66.4 Å². The Hall–Kier alpha value is -1.91. The lowest BCUT2D eigenvalue weighted by atomic mass is 9.88. The van der Waals surface area contributed by atoms with Crippen molar-refractivity contribution in [3.05, 3.63) is 58.7 Å². The molecule has 0 bridgehead atoms. The van der Waals surface area contributed by atoms with Gasteiger partial charge >= 0.3 is 6.15 Å². The molecular formula is C53H96O9Si4. The first-order valence-electron chi connectivity index (χ1n) is 23.8. The van der Waals surface area contributed by atoms with Crippen LogP contribution in [-0.2, 0) is 33.9 Å². The molecule has 8 atom stereocenters. The number of rotatable bonds is 11. The van der Waals surface area contributed by atoms with Gasteiger partial charge in [-0.1, -0.05) is 134 Å². The van der Waals surface area contributed by atoms with Crippen molar-refractivity contribution < 1.29 is 41.9 Å². The summed E-state index contributed by atoms with van der Waals surface area (Å²) < 4.78 is 40.5. The number of fused-ring (bicyclic) bond motifs is 6. The van der Waals surface area contributed by atoms with E-state index in [1.54, 1.807) is 0 Å². The highest BCUT2D eigenvalue weighted by molar-refractivity contribution is 6.75. The zero-order chi connectivity index (χ0) is 48.8. The van der Waals surface area contributed by atoms with Crippen molar-refractivity contribution in [1.82, 2.24) is 0 Å². The fourth-order valence-electron chi connectivity index (χ4n) is 8.60. The molecule has 2 aromatic rings. The SMILES string of the molecule is C.C.CC(C)(C)[Si](C)(C)OC[C@@H]1[C@H]2c3cccc(CO)c3O[C@H]2C[C@H]1O[Si](C)(C)C(C)(C)C.Cc1cccc2c1O[C@H]1C[C@@H](O[Si](C)(C)C(C)(C)C)[C@H](CO[Si](C)(C)C(C)(C)C)[C@@H]21.O=C=O. The zero-order valence-electron chi connectivity index (χ0n) is 43.8. The van der Waals surface area contributed by atoms with Crippen LogP contribution in [0.3, 0.4) is 0 Å². The van der Waals surface area contributed by atoms with E-state index < -0.39 is 33.3 Å². The molecule has 0 spiro atoms. The summed E-state index contributed by atoms with van der Waals surface area (Å²) in [4.78, 5) is 16.2. The molecule has 9 nitrogen and oxygen atoms in total. The second-order valence-electron chi connectivity index (χ2n) is 25.2. The molecule has 2 fully saturated rings. The third-order valence-electron chi connectivity index (χ3n) is 16.8. The maximum absolute atomic E-state index is 9.81. The van der Waals surface area contributed by atoms with Crippen LogP contribution in [0.15, 0.2) is 36.4 Å². The van der Waals surface area contributed by atoms with Crippen LogP contribution in [0.4, 0.5) is 0 Å². The van der Waals surface area contributed by atoms with E-state index in [0.717, 1.165) is 36.5 Å². The molecule has 2 aliphatic carbocycles. The van der Waals surface area contributed by atoms with Crippen molar-refractivity contribution in [3.63, 3.8) is 0 Å². The molecule has 378 valence electrons. The van der Waals surface area contributed by atoms with Crippen molar-refractivity contribution in [2.45, 2.75) is 233 Å². The number of carbonyl (C=O) groups excluding carboxylic acids is 2. The number of para-hydroxylation sites is 2. The highest BCUT2D eigenvalue weighted by Crippen LogP contribution is 2.56. The smallest absolute Gasteiger partial charge is 0.373 e. The third-order valence-corrected chi connectivity index (χ3v) is 34.8. The lowest BCUT2D eigenvalue weighted by molar-refractivity contribution is -0.191. The van der Waals surface area contributed by atoms with E-state index in [1.807, 2.05) is 12.1 Å². The summed E-state index contributed by atoms with van der Waals surface area (Å²) in [5, 5.41) is 10.6. The molecule has 66 heavy (non-hydrogen) atoms. The lowest BCUT2D eigenvalue weighted by Gasteiger charge is -2.42. The third kappa shape index (κ3) is 12.9. The van der Waals surface area contributed by atoms with Gasteiger partial charge < -0.3 is 32.3 Å². The highest BCUT2D eigenvalue weighted by Gasteiger charge is 2.56. The van der Waals surface area contributed by atoms with Gasteiger partial charge in [0.1, 0.15) is 23.7 Å². The Morgan fingerprint density at radius 2 is 0.909 bits per heavy atom. The van der Waals surface area contributed by atoms with Crippen LogP contribution in [0, 0.1) is 18.8 Å². The van der Waals surface area contributed by atoms with Crippen LogP contribution >= 0.6 is 0 Å². The van der Waals surface area contributed by atoms with E-state index in [0.29, 0.717) is 18.4 Å². The summed E-state index contributed by atoms with van der Waals surface area (Å²) in [5.41, 5.74) is 4.72. The maximum Gasteiger partial charge on any atom is 0.373 e. The van der Waals surface area contributed by atoms with E-state index >= 15 is 0 Å². The fraction of sp³-hybridized carbons (Fsp3) is 0.755. The van der Waals surface area contributed by atoms with Gasteiger partial charge in [-0.2, -0.15) is 9.59 Å². The van der Waals surface area contributed by atoms with Gasteiger partial charge in [0.15, 0.2) is 33.3 Å². The number of aryl methyl sites for hydroxylation is 1. The number of hydrogen-bond acceptors (Lipinski definition) is 9. The molecular weight excluding hydrogens is 893 g/mol. The molecule has 0 unspecified atom stereocenters. The van der Waals surface area contributed by atoms with Gasteiger partial charge in [-0.15, -0.1) is 0 Å². The molecule has 6 rings (SSSR count). The molecule has 2 aromatic carbocycles. The van der Waals surface area contributed by atoms with Gasteiger partial charge in [0.05, 0.1) is 18.8 Å². The van der Waals surface area contributed by atoms with Crippen molar-refractivity contribution in [2.75, 3.05) is 13.2 Å². The first-order chi connectivity index (χ1) is 29.1. The normalized spacial score (nSPS) is 24.9. The van der Waals surface area contributed by atoms with Crippen LogP contribution in [0.1, 0.15) is 145 Å². The molecule has 2 aliphatic heterocycles. The molecule has 13 heteroatoms. The number of benzene rings is 2. The number of ether oxygens (including phenoxy) is 2. The topological polar surface area (TPSA) is 110 Å². The molecule has 0 radical (unpaired) electrons. The Balaban J connectivity index is 0.000000416. The van der Waals surface area contributed by atoms with Crippen molar-refractivity contribution in [2.24, 2.45) is 11.8 Å². The molecule has 1 N–H and O–H groups in total. The molecule has 0 amide bonds. The van der Waals surface area contributed by atoms with E-state index in [-0.39, 0.29) is 84.0 Å². The molecule has 0 saturated heterocycles. The van der Waals surface area contributed by atoms with Crippen LogP contribution in [0.25, 0.3) is 0 Å². The largest absolute Gasteiger partial charge is 0.489 e. The second-order valence-corrected chi connectivity index (χ2v) is 44.3. The van der Waals surface area contributed by atoms with Gasteiger partial charge in [-0.3, -0.25) is 0 Å². The number of aliphatic hydroxyl groups is 1. The van der Waals surface area contributed by atoms with E-state index in [9.17, 15) is 5.11 Å². The summed E-state index contributed by atoms with van der Waals surface area (Å²) in [7, 11) is -7.50. The van der Waals surface area contributed by atoms with E-state index in [2.05, 4.69) is 167 Å². The maximum atomic E-state index is 9.81. The monoisotopic (exact) mass is 989 g/mol. The molecule has 4 aliphatic rings. The predicted molar refractivity (Wildman–Crippen MR) is 283 cm³/mol. The first kappa shape index (κ1) is 60.2. The van der Waals surface area contributed by atoms with Gasteiger partial charge in [-0.25, -0.2) is 0 Å². The Morgan fingerprint density at radius 3 is 1.26 bits per heavy atom. The summed E-state index contributed by atoms with van der Waals surface area (Å²) in [5.74, 6) is 3.25. The number of hydrogen-bond donors (Lipinski definition) is 1. The van der Waals surface area contributed by atoms with Crippen molar-refractivity contribution in [1.29, 1.82) is 0 Å². The fourth-order valence-corrected chi connectivity index (χ4v) is 13.4. The standard InChI is InChI=1S/C25H44O4Si2.C25H44O3Si2.CO2.2CH4/c1-24(2,3)30(7,8)27-16-19-20(29-31(9,10)25(4,5)6)14-21-22(19)18-13-11-12-17(15-26)23(18)28-21;1-17-13-12-14-18-22-19(16-26-29(8,9)24(2,3)4)20(15-21(22)27-23(17)18)28-30(10,11)25(5,6)7;2-1-3;;/h11-13,19-22,26H,14-16H2,1-10H3;12-14,19-22H,15-16H2,1-11H3;;2*1H4/t2*19-,20+,21-,22+;;;/m00.../s1. The predicted octanol–water partition coefficient (Wildman–Crippen LogP) is 14.4. The lowest BCUT2D eigenvalue weighted by Crippen LogP contribution is -2.47. The average Bonchev–Trinajstić information content (AvgIpc) is 3.87. The second kappa shape index (κ2) is 21.6. The Morgan fingerprint density at radius 1 is 0.576 bits per heavy atom. The summed E-state index contributed by atoms with van der Waals surface area (Å²) in [6, 6.07) is 12.8. The Bertz CT molecular complexity index is 1930. The van der Waals surface area contributed by atoms with Crippen LogP contribution in [-0.4, -0.2) is 82.2 Å². The average molecular weight is 990 g/mol. The Kier molecular flexibility index (Phi) is 19.7. The van der Waals surface area contributed by atoms with Crippen LogP contribution in [0.2, 0.25) is 72.5 Å². The van der Waals surface area contributed by atoms with Gasteiger partial charge in [0.25, 0.3) is 0 Å². The summed E-state index contributed by atoms with van der Waals surface area (Å²) in [6.45, 7) is 50.1. The molecule has 2 saturated carbocycles. The van der Waals surface area contributed by atoms with Gasteiger partial charge in [-0.05, 0) is 85.0 Å². The molecule has 0 aromatic heterocycles. The van der Waals surface area contributed by atoms with E-state index in [4.69, 9.17) is 36.8 Å². The number of aliphatic hydroxyl groups excluding tert-OH is 1. The molecule has 2 heterocycles. The quantitative estimate of drug-likeness (QED) is 0.220. The van der Waals surface area contributed by atoms with Gasteiger partial charge in [0.2, 0.25) is 0 Å². The van der Waals surface area contributed by atoms with Crippen LogP contribution < -0.4 is 9.47 Å². The minimum Gasteiger partial charge on any atom is -0.489 e. The first-order valence-corrected chi connectivity index (χ1v) is 35.5. The van der Waals surface area contributed by atoms with E-state index in [1.165, 1.54) is 16.7 Å². The zero-order valence-corrected chi connectivity index (χ0v) is 47.8.